The maximum absolute atomic E-state index is 11.9. The summed E-state index contributed by atoms with van der Waals surface area (Å²) < 4.78 is 37.4. The Labute approximate surface area is 215 Å². The van der Waals surface area contributed by atoms with Crippen LogP contribution < -0.4 is 0 Å². The average Bonchev–Trinajstić information content (AvgIpc) is 2.80. The van der Waals surface area contributed by atoms with Crippen LogP contribution in [0.3, 0.4) is 0 Å². The van der Waals surface area contributed by atoms with Crippen molar-refractivity contribution in [2.45, 2.75) is 136 Å². The lowest BCUT2D eigenvalue weighted by molar-refractivity contribution is -0.317. The minimum atomic E-state index is -1.83. The van der Waals surface area contributed by atoms with Crippen molar-refractivity contribution < 1.29 is 32.8 Å². The third-order valence-electron chi connectivity index (χ3n) is 5.54. The van der Waals surface area contributed by atoms with E-state index in [1.54, 1.807) is 13.8 Å². The number of carbonyl (C=O) groups excluding carboxylic acids is 1. The highest BCUT2D eigenvalue weighted by molar-refractivity contribution is 7.17. The number of carbonyl (C=O) groups is 1. The van der Waals surface area contributed by atoms with Crippen LogP contribution in [0.4, 0.5) is 4.79 Å². The molecule has 0 fully saturated rings. The van der Waals surface area contributed by atoms with Crippen molar-refractivity contribution in [1.82, 2.24) is 0 Å². The topological polar surface area (TPSA) is 80.3 Å². The van der Waals surface area contributed by atoms with Gasteiger partial charge in [0.25, 0.3) is 0 Å². The molecule has 0 radical (unpaired) electrons. The maximum Gasteiger partial charge on any atom is 0.512 e. The number of ether oxygens (including phenoxy) is 4. The van der Waals surface area contributed by atoms with Crippen LogP contribution in [0, 0.1) is 0 Å². The molecule has 0 bridgehead atoms. The molecule has 7 nitrogen and oxygen atoms in total. The van der Waals surface area contributed by atoms with Gasteiger partial charge in [0.2, 0.25) is 0 Å². The fraction of sp³-hybridized carbons (Fsp3) is 0.889. The van der Waals surface area contributed by atoms with Crippen LogP contribution in [0.5, 0.6) is 0 Å². The minimum Gasteiger partial charge on any atom is -0.431 e. The van der Waals surface area contributed by atoms with E-state index >= 15 is 0 Å². The van der Waals surface area contributed by atoms with Gasteiger partial charge in [0, 0.05) is 13.2 Å². The Kier molecular flexibility index (Phi) is 24.0. The van der Waals surface area contributed by atoms with E-state index in [2.05, 4.69) is 13.5 Å². The quantitative estimate of drug-likeness (QED) is 0.0372. The summed E-state index contributed by atoms with van der Waals surface area (Å²) >= 11 is 0. The first-order chi connectivity index (χ1) is 17.0. The highest BCUT2D eigenvalue weighted by Gasteiger charge is 2.38. The molecule has 1 unspecified atom stereocenters. The van der Waals surface area contributed by atoms with Crippen LogP contribution in [-0.4, -0.2) is 38.1 Å². The van der Waals surface area contributed by atoms with E-state index in [0.29, 0.717) is 13.0 Å². The van der Waals surface area contributed by atoms with Crippen LogP contribution in [0.15, 0.2) is 12.7 Å². The lowest BCUT2D eigenvalue weighted by Gasteiger charge is -2.28. The van der Waals surface area contributed by atoms with Crippen LogP contribution in [0.2, 0.25) is 0 Å². The Morgan fingerprint density at radius 2 is 1.34 bits per heavy atom. The SMILES string of the molecule is C=CCC(OCCCOCCCCCCCCCCCCCCCC)(OP=O)OC(=O)OC(C)C. The molecule has 0 aromatic rings. The fourth-order valence-corrected chi connectivity index (χ4v) is 3.96. The molecule has 0 rings (SSSR count). The summed E-state index contributed by atoms with van der Waals surface area (Å²) in [7, 11) is -0.674. The Morgan fingerprint density at radius 3 is 1.83 bits per heavy atom. The van der Waals surface area contributed by atoms with Crippen molar-refractivity contribution in [2.75, 3.05) is 19.8 Å². The molecule has 0 aromatic carbocycles. The second kappa shape index (κ2) is 24.7. The lowest BCUT2D eigenvalue weighted by Crippen LogP contribution is -2.39. The summed E-state index contributed by atoms with van der Waals surface area (Å²) in [5, 5.41) is 0. The van der Waals surface area contributed by atoms with Crippen molar-refractivity contribution in [1.29, 1.82) is 0 Å². The second-order valence-corrected chi connectivity index (χ2v) is 9.60. The van der Waals surface area contributed by atoms with Gasteiger partial charge in [-0.25, -0.2) is 13.9 Å². The number of rotatable bonds is 26. The Hall–Kier alpha value is -1.01. The summed E-state index contributed by atoms with van der Waals surface area (Å²) in [6.45, 7) is 10.7. The van der Waals surface area contributed by atoms with Gasteiger partial charge in [0.1, 0.15) is 0 Å². The minimum absolute atomic E-state index is 0.00927. The van der Waals surface area contributed by atoms with Gasteiger partial charge in [-0.1, -0.05) is 96.5 Å². The van der Waals surface area contributed by atoms with E-state index in [-0.39, 0.29) is 19.1 Å². The van der Waals surface area contributed by atoms with Crippen LogP contribution in [0.1, 0.15) is 124 Å². The van der Waals surface area contributed by atoms with Gasteiger partial charge >= 0.3 is 20.8 Å². The standard InChI is InChI=1S/C27H51O7P/c1-5-7-8-9-10-11-12-13-14-15-16-17-18-19-22-30-23-20-24-31-27(21-6-2,34-35-29)33-26(28)32-25(3)4/h6,25H,2,5,7-24H2,1,3-4H3. The first kappa shape index (κ1) is 34.0. The van der Waals surface area contributed by atoms with Gasteiger partial charge in [-0.15, -0.1) is 6.58 Å². The van der Waals surface area contributed by atoms with Gasteiger partial charge in [0.05, 0.1) is 19.1 Å². The normalized spacial score (nSPS) is 13.1. The molecule has 0 amide bonds. The fourth-order valence-electron chi connectivity index (χ4n) is 3.68. The summed E-state index contributed by atoms with van der Waals surface area (Å²) in [6, 6.07) is 0. The molecule has 0 saturated heterocycles. The Bertz CT molecular complexity index is 504. The van der Waals surface area contributed by atoms with Crippen molar-refractivity contribution in [2.24, 2.45) is 0 Å². The van der Waals surface area contributed by atoms with Crippen LogP contribution in [0.25, 0.3) is 0 Å². The van der Waals surface area contributed by atoms with Gasteiger partial charge in [0.15, 0.2) is 0 Å². The van der Waals surface area contributed by atoms with E-state index < -0.39 is 20.8 Å². The largest absolute Gasteiger partial charge is 0.512 e. The first-order valence-electron chi connectivity index (χ1n) is 13.7. The molecule has 0 saturated carbocycles. The third kappa shape index (κ3) is 22.0. The zero-order valence-corrected chi connectivity index (χ0v) is 23.5. The predicted molar refractivity (Wildman–Crippen MR) is 141 cm³/mol. The summed E-state index contributed by atoms with van der Waals surface area (Å²) in [5.41, 5.74) is 0. The van der Waals surface area contributed by atoms with Gasteiger partial charge in [-0.3, -0.25) is 0 Å². The van der Waals surface area contributed by atoms with E-state index in [9.17, 15) is 9.36 Å². The summed E-state index contributed by atoms with van der Waals surface area (Å²) in [4.78, 5) is 11.9. The average molecular weight is 519 g/mol. The Balaban J connectivity index is 3.71. The molecule has 35 heavy (non-hydrogen) atoms. The van der Waals surface area contributed by atoms with E-state index in [4.69, 9.17) is 23.5 Å². The number of hydrogen-bond acceptors (Lipinski definition) is 7. The molecule has 0 aliphatic heterocycles. The molecule has 0 aliphatic rings. The van der Waals surface area contributed by atoms with Gasteiger partial charge in [-0.05, 0) is 26.7 Å². The molecule has 0 aromatic heterocycles. The summed E-state index contributed by atoms with van der Waals surface area (Å²) in [6.07, 6.45) is 19.4. The molecule has 0 spiro atoms. The van der Waals surface area contributed by atoms with Gasteiger partial charge in [-0.2, -0.15) is 0 Å². The highest BCUT2D eigenvalue weighted by atomic mass is 31.1. The second-order valence-electron chi connectivity index (χ2n) is 9.27. The zero-order chi connectivity index (χ0) is 26.0. The molecule has 0 heterocycles. The van der Waals surface area contributed by atoms with Crippen LogP contribution in [-0.2, 0) is 28.0 Å². The smallest absolute Gasteiger partial charge is 0.431 e. The highest BCUT2D eigenvalue weighted by Crippen LogP contribution is 2.26. The first-order valence-corrected chi connectivity index (χ1v) is 14.5. The van der Waals surface area contributed by atoms with Crippen molar-refractivity contribution in [3.8, 4) is 0 Å². The van der Waals surface area contributed by atoms with Crippen molar-refractivity contribution in [3.63, 3.8) is 0 Å². The number of hydrogen-bond donors (Lipinski definition) is 0. The van der Waals surface area contributed by atoms with E-state index in [0.717, 1.165) is 13.0 Å². The van der Waals surface area contributed by atoms with E-state index in [1.807, 2.05) is 0 Å². The zero-order valence-electron chi connectivity index (χ0n) is 22.6. The van der Waals surface area contributed by atoms with Gasteiger partial charge < -0.3 is 18.9 Å². The van der Waals surface area contributed by atoms with Crippen molar-refractivity contribution >= 4 is 14.8 Å². The Morgan fingerprint density at radius 1 is 0.829 bits per heavy atom. The molecule has 206 valence electrons. The molecule has 1 atom stereocenters. The van der Waals surface area contributed by atoms with Crippen molar-refractivity contribution in [3.05, 3.63) is 12.7 Å². The maximum atomic E-state index is 11.9. The van der Waals surface area contributed by atoms with E-state index in [1.165, 1.54) is 89.5 Å². The third-order valence-corrected chi connectivity index (χ3v) is 5.89. The molecule has 0 aliphatic carbocycles. The number of unbranched alkanes of at least 4 members (excludes halogenated alkanes) is 13. The molecular weight excluding hydrogens is 467 g/mol. The molecular formula is C27H51O7P. The predicted octanol–water partition coefficient (Wildman–Crippen LogP) is 8.91. The monoisotopic (exact) mass is 518 g/mol. The summed E-state index contributed by atoms with van der Waals surface area (Å²) in [5.74, 6) is -1.83. The molecule has 8 heteroatoms. The molecule has 0 N–H and O–H groups in total. The van der Waals surface area contributed by atoms with Crippen LogP contribution >= 0.6 is 8.69 Å². The lowest BCUT2D eigenvalue weighted by atomic mass is 10.0.